The Morgan fingerprint density at radius 3 is 1.64 bits per heavy atom. The fourth-order valence-electron chi connectivity index (χ4n) is 4.47. The van der Waals surface area contributed by atoms with Crippen LogP contribution >= 0.6 is 0 Å². The zero-order valence-electron chi connectivity index (χ0n) is 21.5. The molecule has 6 rings (SSSR count). The van der Waals surface area contributed by atoms with E-state index in [1.54, 1.807) is 0 Å². The van der Waals surface area contributed by atoms with Crippen molar-refractivity contribution in [2.75, 3.05) is 0 Å². The molecule has 4 nitrogen and oxygen atoms in total. The Labute approximate surface area is 228 Å². The van der Waals surface area contributed by atoms with Crippen molar-refractivity contribution in [1.29, 1.82) is 0 Å². The number of nitrogens with zero attached hydrogens (tertiary/aromatic N) is 2. The molecule has 1 heterocycles. The maximum absolute atomic E-state index is 6.36. The lowest BCUT2D eigenvalue weighted by Gasteiger charge is -2.15. The van der Waals surface area contributed by atoms with Gasteiger partial charge in [-0.05, 0) is 47.5 Å². The minimum atomic E-state index is 0.444. The van der Waals surface area contributed by atoms with Gasteiger partial charge in [0.2, 0.25) is 0 Å². The second-order valence-electron chi connectivity index (χ2n) is 9.24. The number of aromatic nitrogens is 2. The van der Waals surface area contributed by atoms with E-state index in [2.05, 4.69) is 66.7 Å². The highest BCUT2D eigenvalue weighted by Crippen LogP contribution is 2.36. The third kappa shape index (κ3) is 5.76. The van der Waals surface area contributed by atoms with E-state index in [1.165, 1.54) is 0 Å². The normalized spacial score (nSPS) is 10.8. The average molecular weight is 509 g/mol. The zero-order valence-corrected chi connectivity index (χ0v) is 21.5. The fourth-order valence-corrected chi connectivity index (χ4v) is 4.47. The molecular weight excluding hydrogens is 480 g/mol. The first kappa shape index (κ1) is 24.3. The largest absolute Gasteiger partial charge is 0.485 e. The van der Waals surface area contributed by atoms with Crippen molar-refractivity contribution in [2.45, 2.75) is 13.2 Å². The summed E-state index contributed by atoms with van der Waals surface area (Å²) in [5, 5.41) is 4.99. The second kappa shape index (κ2) is 11.5. The minimum absolute atomic E-state index is 0.444. The number of para-hydroxylation sites is 1. The third-order valence-corrected chi connectivity index (χ3v) is 6.49. The predicted octanol–water partition coefficient (Wildman–Crippen LogP) is 8.36. The molecule has 0 radical (unpaired) electrons. The summed E-state index contributed by atoms with van der Waals surface area (Å²) in [6.07, 6.45) is 0. The summed E-state index contributed by atoms with van der Waals surface area (Å²) < 4.78 is 14.6. The van der Waals surface area contributed by atoms with Gasteiger partial charge < -0.3 is 9.47 Å². The summed E-state index contributed by atoms with van der Waals surface area (Å²) in [4.78, 5) is 0. The van der Waals surface area contributed by atoms with Gasteiger partial charge >= 0.3 is 0 Å². The minimum Gasteiger partial charge on any atom is -0.485 e. The van der Waals surface area contributed by atoms with Crippen LogP contribution < -0.4 is 9.47 Å². The molecule has 0 fully saturated rings. The van der Waals surface area contributed by atoms with Gasteiger partial charge in [-0.15, -0.1) is 0 Å². The molecule has 6 aromatic rings. The molecule has 0 saturated carbocycles. The second-order valence-corrected chi connectivity index (χ2v) is 9.24. The summed E-state index contributed by atoms with van der Waals surface area (Å²) in [6.45, 7) is 0.904. The van der Waals surface area contributed by atoms with Crippen molar-refractivity contribution in [1.82, 2.24) is 9.78 Å². The van der Waals surface area contributed by atoms with Crippen molar-refractivity contribution in [3.8, 4) is 39.7 Å². The van der Waals surface area contributed by atoms with E-state index < -0.39 is 0 Å². The van der Waals surface area contributed by atoms with E-state index in [0.717, 1.165) is 39.3 Å². The van der Waals surface area contributed by atoms with Crippen LogP contribution in [0.4, 0.5) is 0 Å². The fraction of sp³-hybridized carbons (Fsp3) is 0.0571. The zero-order chi connectivity index (χ0) is 26.3. The Morgan fingerprint density at radius 1 is 0.487 bits per heavy atom. The van der Waals surface area contributed by atoms with Crippen LogP contribution in [0, 0.1) is 0 Å². The van der Waals surface area contributed by atoms with Crippen molar-refractivity contribution >= 4 is 0 Å². The van der Waals surface area contributed by atoms with E-state index in [4.69, 9.17) is 14.6 Å². The van der Waals surface area contributed by atoms with E-state index in [9.17, 15) is 0 Å². The van der Waals surface area contributed by atoms with Crippen LogP contribution in [0.5, 0.6) is 11.5 Å². The summed E-state index contributed by atoms with van der Waals surface area (Å²) >= 11 is 0. The third-order valence-electron chi connectivity index (χ3n) is 6.49. The molecule has 0 aliphatic carbocycles. The quantitative estimate of drug-likeness (QED) is 0.197. The molecule has 0 saturated heterocycles. The van der Waals surface area contributed by atoms with Gasteiger partial charge in [0.25, 0.3) is 0 Å². The molecule has 39 heavy (non-hydrogen) atoms. The molecule has 0 spiro atoms. The number of hydrogen-bond donors (Lipinski definition) is 0. The van der Waals surface area contributed by atoms with E-state index in [0.29, 0.717) is 24.7 Å². The molecule has 0 unspecified atom stereocenters. The molecule has 190 valence electrons. The maximum atomic E-state index is 6.36. The molecule has 5 aromatic carbocycles. The summed E-state index contributed by atoms with van der Waals surface area (Å²) in [5.41, 5.74) is 7.12. The summed E-state index contributed by atoms with van der Waals surface area (Å²) in [7, 11) is 0. The van der Waals surface area contributed by atoms with E-state index >= 15 is 0 Å². The standard InChI is InChI=1S/C35H28N2O2/c1-5-13-27(14-6-1)25-38-34-22-21-30(23-35(34)39-26-28-15-7-2-8-16-28)33-24-32(29-17-9-3-10-18-29)36-37(33)31-19-11-4-12-20-31/h1-24H,25-26H2. The van der Waals surface area contributed by atoms with Crippen molar-refractivity contribution in [3.05, 3.63) is 157 Å². The SMILES string of the molecule is c1ccc(COc2ccc(-c3cc(-c4ccccc4)nn3-c3ccccc3)cc2OCc2ccccc2)cc1. The predicted molar refractivity (Wildman–Crippen MR) is 156 cm³/mol. The highest BCUT2D eigenvalue weighted by molar-refractivity contribution is 5.72. The number of rotatable bonds is 9. The Hall–Kier alpha value is -5.09. The molecule has 0 atom stereocenters. The van der Waals surface area contributed by atoms with Gasteiger partial charge in [-0.25, -0.2) is 4.68 Å². The smallest absolute Gasteiger partial charge is 0.162 e. The van der Waals surface area contributed by atoms with Crippen molar-refractivity contribution < 1.29 is 9.47 Å². The lowest BCUT2D eigenvalue weighted by atomic mass is 10.1. The van der Waals surface area contributed by atoms with Crippen LogP contribution in [0.3, 0.4) is 0 Å². The van der Waals surface area contributed by atoms with Gasteiger partial charge in [-0.1, -0.05) is 109 Å². The topological polar surface area (TPSA) is 36.3 Å². The van der Waals surface area contributed by atoms with Crippen LogP contribution in [-0.4, -0.2) is 9.78 Å². The van der Waals surface area contributed by atoms with Crippen molar-refractivity contribution in [2.24, 2.45) is 0 Å². The molecule has 0 aliphatic heterocycles. The lowest BCUT2D eigenvalue weighted by Crippen LogP contribution is -2.02. The van der Waals surface area contributed by atoms with E-state index in [-0.39, 0.29) is 0 Å². The van der Waals surface area contributed by atoms with Gasteiger partial charge in [-0.2, -0.15) is 5.10 Å². The molecule has 0 bridgehead atoms. The van der Waals surface area contributed by atoms with Gasteiger partial charge in [0.05, 0.1) is 17.1 Å². The van der Waals surface area contributed by atoms with Gasteiger partial charge in [-0.3, -0.25) is 0 Å². The highest BCUT2D eigenvalue weighted by atomic mass is 16.5. The van der Waals surface area contributed by atoms with Gasteiger partial charge in [0.1, 0.15) is 13.2 Å². The molecule has 0 amide bonds. The lowest BCUT2D eigenvalue weighted by molar-refractivity contribution is 0.256. The van der Waals surface area contributed by atoms with Crippen molar-refractivity contribution in [3.63, 3.8) is 0 Å². The summed E-state index contributed by atoms with van der Waals surface area (Å²) in [5.74, 6) is 1.39. The molecular formula is C35H28N2O2. The van der Waals surface area contributed by atoms with Crippen LogP contribution in [0.1, 0.15) is 11.1 Å². The Kier molecular flexibility index (Phi) is 7.17. The Balaban J connectivity index is 1.39. The number of ether oxygens (including phenoxy) is 2. The molecule has 1 aromatic heterocycles. The molecule has 4 heteroatoms. The first-order valence-corrected chi connectivity index (χ1v) is 13.0. The molecule has 0 aliphatic rings. The van der Waals surface area contributed by atoms with Crippen LogP contribution in [-0.2, 0) is 13.2 Å². The Morgan fingerprint density at radius 2 is 1.03 bits per heavy atom. The molecule has 0 N–H and O–H groups in total. The maximum Gasteiger partial charge on any atom is 0.162 e. The van der Waals surface area contributed by atoms with Crippen LogP contribution in [0.2, 0.25) is 0 Å². The highest BCUT2D eigenvalue weighted by Gasteiger charge is 2.16. The van der Waals surface area contributed by atoms with Crippen LogP contribution in [0.15, 0.2) is 146 Å². The first-order chi connectivity index (χ1) is 19.3. The monoisotopic (exact) mass is 508 g/mol. The average Bonchev–Trinajstić information content (AvgIpc) is 3.47. The van der Waals surface area contributed by atoms with Gasteiger partial charge in [0, 0.05) is 11.1 Å². The van der Waals surface area contributed by atoms with E-state index in [1.807, 2.05) is 83.5 Å². The number of benzene rings is 5. The Bertz CT molecular complexity index is 1630. The summed E-state index contributed by atoms with van der Waals surface area (Å²) in [6, 6.07) is 49.0. The van der Waals surface area contributed by atoms with Gasteiger partial charge in [0.15, 0.2) is 11.5 Å². The van der Waals surface area contributed by atoms with Crippen LogP contribution in [0.25, 0.3) is 28.2 Å². The number of hydrogen-bond acceptors (Lipinski definition) is 3. The first-order valence-electron chi connectivity index (χ1n) is 13.0.